The molecular formula is C36H49N3O5. The fourth-order valence-electron chi connectivity index (χ4n) is 5.28. The molecule has 238 valence electrons. The van der Waals surface area contributed by atoms with Crippen LogP contribution in [0.5, 0.6) is 0 Å². The smallest absolute Gasteiger partial charge is 0.326 e. The monoisotopic (exact) mass is 603 g/mol. The number of carbonyl (C=O) groups is 3. The number of rotatable bonds is 21. The molecule has 1 unspecified atom stereocenters. The summed E-state index contributed by atoms with van der Waals surface area (Å²) in [6.45, 7) is 4.78. The number of oxazole rings is 1. The van der Waals surface area contributed by atoms with Gasteiger partial charge in [-0.05, 0) is 50.2 Å². The number of carboxylic acid groups (broad SMARTS) is 1. The predicted molar refractivity (Wildman–Crippen MR) is 172 cm³/mol. The van der Waals surface area contributed by atoms with Gasteiger partial charge in [0, 0.05) is 25.9 Å². The van der Waals surface area contributed by atoms with Gasteiger partial charge in [0.2, 0.25) is 5.91 Å². The van der Waals surface area contributed by atoms with Gasteiger partial charge in [0.25, 0.3) is 5.91 Å². The predicted octanol–water partition coefficient (Wildman–Crippen LogP) is 7.29. The molecule has 0 spiro atoms. The van der Waals surface area contributed by atoms with Gasteiger partial charge < -0.3 is 19.7 Å². The van der Waals surface area contributed by atoms with Crippen LogP contribution in [0.25, 0.3) is 0 Å². The maximum atomic E-state index is 13.7. The molecule has 1 atom stereocenters. The van der Waals surface area contributed by atoms with Crippen molar-refractivity contribution in [1.82, 2.24) is 15.2 Å². The van der Waals surface area contributed by atoms with Crippen LogP contribution in [0.1, 0.15) is 111 Å². The highest BCUT2D eigenvalue weighted by Gasteiger charge is 2.24. The topological polar surface area (TPSA) is 113 Å². The Balaban J connectivity index is 1.53. The van der Waals surface area contributed by atoms with E-state index in [4.69, 9.17) is 4.42 Å². The minimum Gasteiger partial charge on any atom is -0.480 e. The molecule has 1 heterocycles. The lowest BCUT2D eigenvalue weighted by Gasteiger charge is -2.23. The van der Waals surface area contributed by atoms with Gasteiger partial charge in [0.1, 0.15) is 11.8 Å². The van der Waals surface area contributed by atoms with E-state index in [-0.39, 0.29) is 11.8 Å². The highest BCUT2D eigenvalue weighted by atomic mass is 16.4. The molecule has 0 aliphatic heterocycles. The zero-order valence-corrected chi connectivity index (χ0v) is 26.4. The Bertz CT molecular complexity index is 1280. The van der Waals surface area contributed by atoms with Gasteiger partial charge in [0.15, 0.2) is 11.6 Å². The number of benzene rings is 2. The summed E-state index contributed by atoms with van der Waals surface area (Å²) in [4.78, 5) is 44.3. The molecule has 0 bridgehead atoms. The number of nitrogens with one attached hydrogen (secondary N) is 1. The second-order valence-corrected chi connectivity index (χ2v) is 11.5. The van der Waals surface area contributed by atoms with Crippen molar-refractivity contribution in [2.45, 2.75) is 110 Å². The van der Waals surface area contributed by atoms with Gasteiger partial charge in [-0.15, -0.1) is 0 Å². The van der Waals surface area contributed by atoms with Gasteiger partial charge in [-0.1, -0.05) is 106 Å². The first-order valence-corrected chi connectivity index (χ1v) is 16.2. The minimum absolute atomic E-state index is 0.209. The molecule has 0 radical (unpaired) electrons. The van der Waals surface area contributed by atoms with Gasteiger partial charge in [-0.2, -0.15) is 0 Å². The fourth-order valence-corrected chi connectivity index (χ4v) is 5.28. The van der Waals surface area contributed by atoms with E-state index in [9.17, 15) is 19.5 Å². The van der Waals surface area contributed by atoms with Crippen LogP contribution in [0.4, 0.5) is 0 Å². The van der Waals surface area contributed by atoms with Crippen LogP contribution in [0, 0.1) is 6.92 Å². The first kappa shape index (κ1) is 34.5. The second kappa shape index (κ2) is 19.4. The quantitative estimate of drug-likeness (QED) is 0.124. The maximum Gasteiger partial charge on any atom is 0.326 e. The maximum absolute atomic E-state index is 13.7. The molecule has 1 aromatic heterocycles. The van der Waals surface area contributed by atoms with Crippen LogP contribution in [-0.2, 0) is 29.0 Å². The van der Waals surface area contributed by atoms with Crippen LogP contribution in [0.15, 0.2) is 65.1 Å². The van der Waals surface area contributed by atoms with Crippen LogP contribution >= 0.6 is 0 Å². The van der Waals surface area contributed by atoms with Crippen molar-refractivity contribution in [3.8, 4) is 0 Å². The standard InChI is InChI=1S/C36H49N3O5/c1-3-4-5-6-7-8-15-23-32(40)37-31(36(42)43)22-16-17-26-39(27-30-20-13-10-14-21-30)35(41)34-28(2)44-33(38-34)25-24-29-18-11-9-12-19-29/h9-14,18-21,31H,3-8,15-17,22-27H2,1-2H3,(H,37,40)(H,42,43). The molecule has 0 fully saturated rings. The van der Waals surface area contributed by atoms with Crippen LogP contribution in [0.3, 0.4) is 0 Å². The lowest BCUT2D eigenvalue weighted by molar-refractivity contribution is -0.142. The summed E-state index contributed by atoms with van der Waals surface area (Å²) in [5.41, 5.74) is 2.48. The highest BCUT2D eigenvalue weighted by Crippen LogP contribution is 2.18. The van der Waals surface area contributed by atoms with Crippen molar-refractivity contribution < 1.29 is 23.9 Å². The normalized spacial score (nSPS) is 11.7. The first-order chi connectivity index (χ1) is 21.4. The van der Waals surface area contributed by atoms with E-state index in [2.05, 4.69) is 29.4 Å². The van der Waals surface area contributed by atoms with E-state index in [1.54, 1.807) is 11.8 Å². The Morgan fingerprint density at radius 1 is 0.841 bits per heavy atom. The number of hydrogen-bond donors (Lipinski definition) is 2. The van der Waals surface area contributed by atoms with Crippen LogP contribution < -0.4 is 5.32 Å². The number of aromatic nitrogens is 1. The minimum atomic E-state index is -1.03. The summed E-state index contributed by atoms with van der Waals surface area (Å²) in [5.74, 6) is -0.428. The number of carbonyl (C=O) groups excluding carboxylic acids is 2. The molecule has 0 saturated heterocycles. The molecule has 2 amide bonds. The van der Waals surface area contributed by atoms with Crippen molar-refractivity contribution in [2.75, 3.05) is 6.54 Å². The fraction of sp³-hybridized carbons (Fsp3) is 0.500. The summed E-state index contributed by atoms with van der Waals surface area (Å²) >= 11 is 0. The van der Waals surface area contributed by atoms with Crippen LogP contribution in [-0.4, -0.2) is 45.4 Å². The van der Waals surface area contributed by atoms with Crippen molar-refractivity contribution in [2.24, 2.45) is 0 Å². The average molecular weight is 604 g/mol. The van der Waals surface area contributed by atoms with E-state index in [1.807, 2.05) is 48.5 Å². The largest absolute Gasteiger partial charge is 0.480 e. The number of amides is 2. The van der Waals surface area contributed by atoms with E-state index in [1.165, 1.54) is 31.2 Å². The molecule has 8 nitrogen and oxygen atoms in total. The first-order valence-electron chi connectivity index (χ1n) is 16.2. The van der Waals surface area contributed by atoms with Crippen molar-refractivity contribution in [3.05, 3.63) is 89.1 Å². The number of aryl methyl sites for hydroxylation is 3. The number of unbranched alkanes of at least 4 members (excludes halogenated alkanes) is 7. The number of aliphatic carboxylic acids is 1. The molecule has 3 aromatic rings. The van der Waals surface area contributed by atoms with Gasteiger partial charge in [-0.25, -0.2) is 9.78 Å². The highest BCUT2D eigenvalue weighted by molar-refractivity contribution is 5.93. The van der Waals surface area contributed by atoms with Crippen molar-refractivity contribution in [3.63, 3.8) is 0 Å². The SMILES string of the molecule is CCCCCCCCCC(=O)NC(CCCCN(Cc1ccccc1)C(=O)c1nc(CCc2ccccc2)oc1C)C(=O)O. The van der Waals surface area contributed by atoms with Crippen molar-refractivity contribution >= 4 is 17.8 Å². The summed E-state index contributed by atoms with van der Waals surface area (Å²) in [6.07, 6.45) is 10.9. The van der Waals surface area contributed by atoms with E-state index >= 15 is 0 Å². The lowest BCUT2D eigenvalue weighted by Crippen LogP contribution is -2.40. The number of hydrogen-bond acceptors (Lipinski definition) is 5. The lowest BCUT2D eigenvalue weighted by atomic mass is 10.1. The third-order valence-electron chi connectivity index (χ3n) is 7.83. The van der Waals surface area contributed by atoms with E-state index < -0.39 is 12.0 Å². The molecule has 0 aliphatic carbocycles. The van der Waals surface area contributed by atoms with E-state index in [0.29, 0.717) is 62.5 Å². The average Bonchev–Trinajstić information content (AvgIpc) is 3.41. The summed E-state index contributed by atoms with van der Waals surface area (Å²) in [7, 11) is 0. The van der Waals surface area contributed by atoms with E-state index in [0.717, 1.165) is 31.2 Å². The molecule has 3 rings (SSSR count). The Labute approximate surface area is 262 Å². The summed E-state index contributed by atoms with van der Waals surface area (Å²) < 4.78 is 5.87. The Kier molecular flexibility index (Phi) is 15.2. The number of nitrogens with zero attached hydrogens (tertiary/aromatic N) is 2. The molecular weight excluding hydrogens is 554 g/mol. The zero-order valence-electron chi connectivity index (χ0n) is 26.4. The zero-order chi connectivity index (χ0) is 31.6. The third kappa shape index (κ3) is 12.3. The van der Waals surface area contributed by atoms with Gasteiger partial charge >= 0.3 is 5.97 Å². The summed E-state index contributed by atoms with van der Waals surface area (Å²) in [6, 6.07) is 18.9. The second-order valence-electron chi connectivity index (χ2n) is 11.5. The van der Waals surface area contributed by atoms with Gasteiger partial charge in [-0.3, -0.25) is 9.59 Å². The third-order valence-corrected chi connectivity index (χ3v) is 7.83. The molecule has 2 N–H and O–H groups in total. The van der Waals surface area contributed by atoms with Gasteiger partial charge in [0.05, 0.1) is 0 Å². The molecule has 0 saturated carbocycles. The Morgan fingerprint density at radius 3 is 2.14 bits per heavy atom. The Morgan fingerprint density at radius 2 is 1.48 bits per heavy atom. The molecule has 2 aromatic carbocycles. The molecule has 0 aliphatic rings. The molecule has 8 heteroatoms. The summed E-state index contributed by atoms with van der Waals surface area (Å²) in [5, 5.41) is 12.4. The number of carboxylic acids is 1. The Hall–Kier alpha value is -3.94. The van der Waals surface area contributed by atoms with Crippen molar-refractivity contribution in [1.29, 1.82) is 0 Å². The van der Waals surface area contributed by atoms with Crippen LogP contribution in [0.2, 0.25) is 0 Å². The molecule has 44 heavy (non-hydrogen) atoms.